The minimum atomic E-state index is -0.727. The summed E-state index contributed by atoms with van der Waals surface area (Å²) in [5.41, 5.74) is 3.45. The number of rotatable bonds is 7. The van der Waals surface area contributed by atoms with E-state index in [0.717, 1.165) is 47.7 Å². The number of hydrogen-bond acceptors (Lipinski definition) is 6. The lowest BCUT2D eigenvalue weighted by molar-refractivity contribution is 0.0294. The van der Waals surface area contributed by atoms with E-state index in [1.807, 2.05) is 30.2 Å². The van der Waals surface area contributed by atoms with Crippen molar-refractivity contribution < 1.29 is 19.0 Å². The fourth-order valence-corrected chi connectivity index (χ4v) is 4.71. The average Bonchev–Trinajstić information content (AvgIpc) is 3.51. The van der Waals surface area contributed by atoms with Crippen LogP contribution in [0.2, 0.25) is 0 Å². The summed E-state index contributed by atoms with van der Waals surface area (Å²) in [6.45, 7) is 6.48. The fraction of sp³-hybridized carbons (Fsp3) is 0.259. The topological polar surface area (TPSA) is 72.1 Å². The molecule has 2 atom stereocenters. The van der Waals surface area contributed by atoms with E-state index in [9.17, 15) is 9.50 Å². The van der Waals surface area contributed by atoms with Gasteiger partial charge in [-0.1, -0.05) is 12.6 Å². The highest BCUT2D eigenvalue weighted by Crippen LogP contribution is 2.37. The summed E-state index contributed by atoms with van der Waals surface area (Å²) in [7, 11) is 1.42. The van der Waals surface area contributed by atoms with Crippen molar-refractivity contribution in [3.8, 4) is 28.5 Å². The summed E-state index contributed by atoms with van der Waals surface area (Å²) in [6.07, 6.45) is 6.36. The van der Waals surface area contributed by atoms with Gasteiger partial charge >= 0.3 is 0 Å². The van der Waals surface area contributed by atoms with E-state index in [-0.39, 0.29) is 17.5 Å². The van der Waals surface area contributed by atoms with Gasteiger partial charge in [0.2, 0.25) is 5.82 Å². The van der Waals surface area contributed by atoms with Crippen LogP contribution in [0.4, 0.5) is 4.39 Å². The largest absolute Gasteiger partial charge is 0.494 e. The molecular weight excluding hydrogens is 447 g/mol. The van der Waals surface area contributed by atoms with E-state index in [2.05, 4.69) is 16.0 Å². The molecule has 2 aromatic heterocycles. The number of aromatic nitrogens is 3. The first-order chi connectivity index (χ1) is 17.0. The van der Waals surface area contributed by atoms with E-state index in [1.165, 1.54) is 7.11 Å². The van der Waals surface area contributed by atoms with Crippen LogP contribution in [0, 0.1) is 12.7 Å². The van der Waals surface area contributed by atoms with Gasteiger partial charge < -0.3 is 14.6 Å². The highest BCUT2D eigenvalue weighted by atomic mass is 19.1. The molecule has 2 aromatic carbocycles. The van der Waals surface area contributed by atoms with Crippen molar-refractivity contribution in [1.29, 1.82) is 0 Å². The van der Waals surface area contributed by atoms with Crippen LogP contribution >= 0.6 is 0 Å². The van der Waals surface area contributed by atoms with Crippen LogP contribution < -0.4 is 9.47 Å². The summed E-state index contributed by atoms with van der Waals surface area (Å²) in [5, 5.41) is 10.5. The Morgan fingerprint density at radius 2 is 1.97 bits per heavy atom. The Labute approximate surface area is 203 Å². The molecular formula is C27H27FN4O3. The third-order valence-corrected chi connectivity index (χ3v) is 6.41. The first-order valence-corrected chi connectivity index (χ1v) is 11.5. The number of hydrogen-bond donors (Lipinski definition) is 1. The number of ether oxygens (including phenoxy) is 2. The Hall–Kier alpha value is -3.75. The lowest BCUT2D eigenvalue weighted by Crippen LogP contribution is -2.33. The number of methoxy groups -OCH3 is 1. The SMILES string of the molecule is C=CC(O)N1CCC[C@H]1c1nc(-c2ccc(Oc3cccc(OC)c3F)cc2)c2c(C)nccn12. The maximum Gasteiger partial charge on any atom is 0.207 e. The van der Waals surface area contributed by atoms with Crippen LogP contribution in [-0.2, 0) is 0 Å². The maximum absolute atomic E-state index is 14.5. The molecule has 1 aliphatic rings. The third kappa shape index (κ3) is 4.15. The molecule has 1 unspecified atom stereocenters. The minimum Gasteiger partial charge on any atom is -0.494 e. The summed E-state index contributed by atoms with van der Waals surface area (Å²) in [5.74, 6) is 1.03. The molecule has 0 amide bonds. The van der Waals surface area contributed by atoms with Crippen LogP contribution in [0.5, 0.6) is 17.2 Å². The van der Waals surface area contributed by atoms with Gasteiger partial charge in [-0.15, -0.1) is 0 Å². The van der Waals surface area contributed by atoms with Gasteiger partial charge in [0.05, 0.1) is 30.1 Å². The molecule has 1 fully saturated rings. The molecule has 4 aromatic rings. The standard InChI is InChI=1S/C27H27FN4O3/c1-4-23(33)31-15-6-7-20(31)27-30-25(26-17(2)29-14-16-32(26)27)18-10-12-19(13-11-18)35-22-9-5-8-21(34-3)24(22)28/h4-5,8-14,16,20,23,33H,1,6-7,15H2,2-3H3/t20-,23?/m0/s1. The lowest BCUT2D eigenvalue weighted by Gasteiger charge is -2.26. The van der Waals surface area contributed by atoms with Gasteiger partial charge in [-0.05, 0) is 62.2 Å². The van der Waals surface area contributed by atoms with Crippen LogP contribution in [0.1, 0.15) is 30.4 Å². The summed E-state index contributed by atoms with van der Waals surface area (Å²) in [6, 6.07) is 12.1. The highest BCUT2D eigenvalue weighted by molar-refractivity contribution is 5.79. The minimum absolute atomic E-state index is 0.0373. The molecule has 0 saturated carbocycles. The number of halogens is 1. The Bertz CT molecular complexity index is 1370. The van der Waals surface area contributed by atoms with Crippen LogP contribution in [0.15, 0.2) is 67.5 Å². The normalized spacial score (nSPS) is 17.0. The molecule has 0 spiro atoms. The number of aryl methyl sites for hydroxylation is 1. The monoisotopic (exact) mass is 474 g/mol. The molecule has 3 heterocycles. The smallest absolute Gasteiger partial charge is 0.207 e. The second-order valence-corrected chi connectivity index (χ2v) is 8.49. The molecule has 0 aliphatic carbocycles. The van der Waals surface area contributed by atoms with Gasteiger partial charge in [-0.2, -0.15) is 4.39 Å². The molecule has 180 valence electrons. The third-order valence-electron chi connectivity index (χ3n) is 6.41. The van der Waals surface area contributed by atoms with Gasteiger partial charge in [-0.25, -0.2) is 4.98 Å². The van der Waals surface area contributed by atoms with Gasteiger partial charge in [0.25, 0.3) is 0 Å². The van der Waals surface area contributed by atoms with Crippen molar-refractivity contribution in [2.45, 2.75) is 32.0 Å². The number of aliphatic hydroxyl groups is 1. The van der Waals surface area contributed by atoms with Gasteiger partial charge in [0.1, 0.15) is 17.8 Å². The summed E-state index contributed by atoms with van der Waals surface area (Å²) >= 11 is 0. The Morgan fingerprint density at radius 3 is 2.71 bits per heavy atom. The van der Waals surface area contributed by atoms with Gasteiger partial charge in [0.15, 0.2) is 11.5 Å². The van der Waals surface area contributed by atoms with Gasteiger partial charge in [-0.3, -0.25) is 14.3 Å². The number of nitrogens with zero attached hydrogens (tertiary/aromatic N) is 4. The van der Waals surface area contributed by atoms with Gasteiger partial charge in [0, 0.05) is 24.5 Å². The van der Waals surface area contributed by atoms with E-state index in [4.69, 9.17) is 14.5 Å². The quantitative estimate of drug-likeness (QED) is 0.367. The van der Waals surface area contributed by atoms with E-state index >= 15 is 0 Å². The zero-order chi connectivity index (χ0) is 24.5. The van der Waals surface area contributed by atoms with Crippen molar-refractivity contribution >= 4 is 5.52 Å². The Morgan fingerprint density at radius 1 is 1.20 bits per heavy atom. The second-order valence-electron chi connectivity index (χ2n) is 8.49. The zero-order valence-corrected chi connectivity index (χ0v) is 19.7. The predicted molar refractivity (Wildman–Crippen MR) is 131 cm³/mol. The van der Waals surface area contributed by atoms with Crippen LogP contribution in [0.25, 0.3) is 16.8 Å². The maximum atomic E-state index is 14.5. The van der Waals surface area contributed by atoms with E-state index in [1.54, 1.807) is 42.6 Å². The van der Waals surface area contributed by atoms with Crippen LogP contribution in [0.3, 0.4) is 0 Å². The van der Waals surface area contributed by atoms with Crippen molar-refractivity contribution in [2.24, 2.45) is 0 Å². The molecule has 0 bridgehead atoms. The number of fused-ring (bicyclic) bond motifs is 1. The van der Waals surface area contributed by atoms with Crippen molar-refractivity contribution in [1.82, 2.24) is 19.3 Å². The van der Waals surface area contributed by atoms with Crippen LogP contribution in [-0.4, -0.2) is 44.3 Å². The second kappa shape index (κ2) is 9.48. The number of imidazole rings is 1. The number of aliphatic hydroxyl groups excluding tert-OH is 1. The first-order valence-electron chi connectivity index (χ1n) is 11.5. The zero-order valence-electron chi connectivity index (χ0n) is 19.7. The summed E-state index contributed by atoms with van der Waals surface area (Å²) in [4.78, 5) is 11.5. The first kappa shape index (κ1) is 23.0. The fourth-order valence-electron chi connectivity index (χ4n) is 4.71. The summed E-state index contributed by atoms with van der Waals surface area (Å²) < 4.78 is 27.3. The van der Waals surface area contributed by atoms with E-state index < -0.39 is 12.0 Å². The molecule has 8 heteroatoms. The molecule has 1 aliphatic heterocycles. The van der Waals surface area contributed by atoms with E-state index in [0.29, 0.717) is 5.75 Å². The average molecular weight is 475 g/mol. The molecule has 1 N–H and O–H groups in total. The predicted octanol–water partition coefficient (Wildman–Crippen LogP) is 5.29. The molecule has 7 nitrogen and oxygen atoms in total. The molecule has 5 rings (SSSR count). The van der Waals surface area contributed by atoms with Crippen molar-refractivity contribution in [3.63, 3.8) is 0 Å². The Kier molecular flexibility index (Phi) is 6.23. The van der Waals surface area contributed by atoms with Crippen molar-refractivity contribution in [3.05, 3.63) is 84.8 Å². The van der Waals surface area contributed by atoms with Crippen molar-refractivity contribution in [2.75, 3.05) is 13.7 Å². The lowest BCUT2D eigenvalue weighted by atomic mass is 10.1. The molecule has 35 heavy (non-hydrogen) atoms. The molecule has 0 radical (unpaired) electrons. The highest BCUT2D eigenvalue weighted by Gasteiger charge is 2.33. The number of likely N-dealkylation sites (tertiary alicyclic amines) is 1. The number of benzene rings is 2. The Balaban J connectivity index is 1.51. The molecule has 1 saturated heterocycles.